The highest BCUT2D eigenvalue weighted by Gasteiger charge is 2.04. The summed E-state index contributed by atoms with van der Waals surface area (Å²) >= 11 is 4.82. The standard InChI is InChI=1S/C7H14S/c1-4-7(5-8)6(2)3/h5-7H,4H2,1-3H3. The van der Waals surface area contributed by atoms with Crippen LogP contribution in [0.15, 0.2) is 0 Å². The maximum absolute atomic E-state index is 4.82. The normalized spacial score (nSPS) is 14.0. The van der Waals surface area contributed by atoms with Crippen LogP contribution in [0.5, 0.6) is 0 Å². The summed E-state index contributed by atoms with van der Waals surface area (Å²) in [4.78, 5) is 0. The molecule has 0 aliphatic rings. The lowest BCUT2D eigenvalue weighted by Crippen LogP contribution is -2.06. The van der Waals surface area contributed by atoms with E-state index in [1.807, 2.05) is 5.37 Å². The summed E-state index contributed by atoms with van der Waals surface area (Å²) in [6.45, 7) is 6.58. The first-order valence-electron chi connectivity index (χ1n) is 3.17. The minimum Gasteiger partial charge on any atom is -0.0932 e. The lowest BCUT2D eigenvalue weighted by molar-refractivity contribution is 0.493. The largest absolute Gasteiger partial charge is 0.0932 e. The number of thiocarbonyl (C=S) groups is 1. The molecule has 0 fully saturated rings. The fourth-order valence-corrected chi connectivity index (χ4v) is 1.23. The first-order chi connectivity index (χ1) is 3.72. The van der Waals surface area contributed by atoms with Crippen molar-refractivity contribution in [2.75, 3.05) is 0 Å². The summed E-state index contributed by atoms with van der Waals surface area (Å²) in [6, 6.07) is 0. The van der Waals surface area contributed by atoms with E-state index in [1.54, 1.807) is 0 Å². The first-order valence-corrected chi connectivity index (χ1v) is 3.64. The van der Waals surface area contributed by atoms with Gasteiger partial charge in [-0.2, -0.15) is 0 Å². The van der Waals surface area contributed by atoms with Gasteiger partial charge in [-0.15, -0.1) is 0 Å². The van der Waals surface area contributed by atoms with E-state index in [0.29, 0.717) is 5.92 Å². The Kier molecular flexibility index (Phi) is 4.06. The van der Waals surface area contributed by atoms with E-state index in [1.165, 1.54) is 6.42 Å². The van der Waals surface area contributed by atoms with Crippen molar-refractivity contribution in [1.82, 2.24) is 0 Å². The summed E-state index contributed by atoms with van der Waals surface area (Å²) in [5, 5.41) is 1.88. The zero-order valence-corrected chi connectivity index (χ0v) is 6.66. The van der Waals surface area contributed by atoms with Crippen LogP contribution in [0.1, 0.15) is 27.2 Å². The SMILES string of the molecule is CCC(C=S)C(C)C. The Morgan fingerprint density at radius 3 is 2.00 bits per heavy atom. The Morgan fingerprint density at radius 2 is 2.00 bits per heavy atom. The van der Waals surface area contributed by atoms with E-state index in [4.69, 9.17) is 12.2 Å². The van der Waals surface area contributed by atoms with Crippen molar-refractivity contribution < 1.29 is 0 Å². The molecule has 0 rings (SSSR count). The Morgan fingerprint density at radius 1 is 1.50 bits per heavy atom. The van der Waals surface area contributed by atoms with Crippen LogP contribution in [0.25, 0.3) is 0 Å². The van der Waals surface area contributed by atoms with Crippen LogP contribution in [0.2, 0.25) is 0 Å². The molecule has 1 atom stereocenters. The third-order valence-corrected chi connectivity index (χ3v) is 1.85. The second-order valence-corrected chi connectivity index (χ2v) is 2.72. The monoisotopic (exact) mass is 130 g/mol. The van der Waals surface area contributed by atoms with Gasteiger partial charge in [-0.3, -0.25) is 0 Å². The average molecular weight is 130 g/mol. The van der Waals surface area contributed by atoms with E-state index < -0.39 is 0 Å². The summed E-state index contributed by atoms with van der Waals surface area (Å²) in [6.07, 6.45) is 1.18. The third-order valence-electron chi connectivity index (χ3n) is 1.50. The summed E-state index contributed by atoms with van der Waals surface area (Å²) < 4.78 is 0. The second kappa shape index (κ2) is 4.02. The van der Waals surface area contributed by atoms with Crippen molar-refractivity contribution in [1.29, 1.82) is 0 Å². The van der Waals surface area contributed by atoms with Gasteiger partial charge in [0.25, 0.3) is 0 Å². The molecule has 0 spiro atoms. The Hall–Kier alpha value is 0.0900. The molecule has 0 aromatic rings. The maximum Gasteiger partial charge on any atom is -0.0108 e. The molecular formula is C7H14S. The van der Waals surface area contributed by atoms with Gasteiger partial charge in [0.1, 0.15) is 0 Å². The Balaban J connectivity index is 3.51. The topological polar surface area (TPSA) is 0 Å². The molecule has 0 aliphatic heterocycles. The quantitative estimate of drug-likeness (QED) is 0.529. The van der Waals surface area contributed by atoms with Gasteiger partial charge in [0, 0.05) is 0 Å². The molecule has 0 aromatic heterocycles. The average Bonchev–Trinajstić information content (AvgIpc) is 1.69. The smallest absolute Gasteiger partial charge is 0.0108 e. The second-order valence-electron chi connectivity index (χ2n) is 2.45. The fourth-order valence-electron chi connectivity index (χ4n) is 0.725. The molecule has 1 heteroatoms. The highest BCUT2D eigenvalue weighted by atomic mass is 32.1. The van der Waals surface area contributed by atoms with Gasteiger partial charge >= 0.3 is 0 Å². The van der Waals surface area contributed by atoms with Gasteiger partial charge in [-0.1, -0.05) is 33.0 Å². The van der Waals surface area contributed by atoms with Gasteiger partial charge in [-0.25, -0.2) is 0 Å². The fraction of sp³-hybridized carbons (Fsp3) is 0.857. The van der Waals surface area contributed by atoms with Crippen LogP contribution in [-0.4, -0.2) is 5.37 Å². The maximum atomic E-state index is 4.82. The van der Waals surface area contributed by atoms with E-state index >= 15 is 0 Å². The highest BCUT2D eigenvalue weighted by molar-refractivity contribution is 7.79. The van der Waals surface area contributed by atoms with Crippen LogP contribution in [0.3, 0.4) is 0 Å². The van der Waals surface area contributed by atoms with Crippen molar-refractivity contribution in [3.05, 3.63) is 0 Å². The van der Waals surface area contributed by atoms with Crippen molar-refractivity contribution in [2.45, 2.75) is 27.2 Å². The molecule has 0 aromatic carbocycles. The predicted octanol–water partition coefficient (Wildman–Crippen LogP) is 2.67. The highest BCUT2D eigenvalue weighted by Crippen LogP contribution is 2.11. The first kappa shape index (κ1) is 8.09. The van der Waals surface area contributed by atoms with Crippen LogP contribution in [-0.2, 0) is 0 Å². The Labute approximate surface area is 57.3 Å². The minimum atomic E-state index is 0.644. The van der Waals surface area contributed by atoms with E-state index in [0.717, 1.165) is 5.92 Å². The molecule has 0 saturated carbocycles. The van der Waals surface area contributed by atoms with Crippen molar-refractivity contribution >= 4 is 17.6 Å². The number of rotatable bonds is 3. The zero-order chi connectivity index (χ0) is 6.57. The molecular weight excluding hydrogens is 116 g/mol. The van der Waals surface area contributed by atoms with Crippen molar-refractivity contribution in [3.63, 3.8) is 0 Å². The molecule has 0 amide bonds. The van der Waals surface area contributed by atoms with Gasteiger partial charge in [0.2, 0.25) is 0 Å². The molecule has 1 unspecified atom stereocenters. The van der Waals surface area contributed by atoms with E-state index in [2.05, 4.69) is 20.8 Å². The van der Waals surface area contributed by atoms with E-state index in [9.17, 15) is 0 Å². The van der Waals surface area contributed by atoms with Crippen LogP contribution in [0.4, 0.5) is 0 Å². The molecule has 0 heterocycles. The molecule has 0 nitrogen and oxygen atoms in total. The molecule has 0 saturated heterocycles. The summed E-state index contributed by atoms with van der Waals surface area (Å²) in [5.74, 6) is 1.36. The van der Waals surface area contributed by atoms with Gasteiger partial charge in [0.15, 0.2) is 0 Å². The molecule has 8 heavy (non-hydrogen) atoms. The molecule has 0 aliphatic carbocycles. The van der Waals surface area contributed by atoms with Crippen LogP contribution >= 0.6 is 12.2 Å². The zero-order valence-electron chi connectivity index (χ0n) is 5.85. The van der Waals surface area contributed by atoms with Gasteiger partial charge in [0.05, 0.1) is 0 Å². The predicted molar refractivity (Wildman–Crippen MR) is 42.3 cm³/mol. The third kappa shape index (κ3) is 2.41. The molecule has 0 bridgehead atoms. The Bertz CT molecular complexity index is 66.8. The lowest BCUT2D eigenvalue weighted by atomic mass is 9.96. The summed E-state index contributed by atoms with van der Waals surface area (Å²) in [7, 11) is 0. The van der Waals surface area contributed by atoms with Crippen LogP contribution in [0, 0.1) is 11.8 Å². The molecule has 48 valence electrons. The number of hydrogen-bond acceptors (Lipinski definition) is 1. The minimum absolute atomic E-state index is 0.644. The van der Waals surface area contributed by atoms with Crippen molar-refractivity contribution in [2.24, 2.45) is 11.8 Å². The van der Waals surface area contributed by atoms with Crippen molar-refractivity contribution in [3.8, 4) is 0 Å². The molecule has 0 radical (unpaired) electrons. The van der Waals surface area contributed by atoms with Gasteiger partial charge < -0.3 is 0 Å². The molecule has 0 N–H and O–H groups in total. The number of hydrogen-bond donors (Lipinski definition) is 0. The summed E-state index contributed by atoms with van der Waals surface area (Å²) in [5.41, 5.74) is 0. The van der Waals surface area contributed by atoms with E-state index in [-0.39, 0.29) is 0 Å². The lowest BCUT2D eigenvalue weighted by Gasteiger charge is -2.11. The van der Waals surface area contributed by atoms with Crippen LogP contribution < -0.4 is 0 Å². The van der Waals surface area contributed by atoms with Gasteiger partial charge in [-0.05, 0) is 23.6 Å².